The van der Waals surface area contributed by atoms with Crippen molar-refractivity contribution >= 4 is 23.5 Å². The number of hydrogen-bond donors (Lipinski definition) is 1. The van der Waals surface area contributed by atoms with Crippen molar-refractivity contribution in [3.05, 3.63) is 32.1 Å². The van der Waals surface area contributed by atoms with Gasteiger partial charge in [-0.1, -0.05) is 24.9 Å². The Morgan fingerprint density at radius 2 is 1.77 bits per heavy atom. The quantitative estimate of drug-likeness (QED) is 0.475. The van der Waals surface area contributed by atoms with Crippen LogP contribution >= 0.6 is 11.6 Å². The molecule has 2 heterocycles. The van der Waals surface area contributed by atoms with Crippen LogP contribution < -0.4 is 17.0 Å². The number of amides is 3. The minimum Gasteiger partial charge on any atom is -0.311 e. The molecular weight excluding hydrogens is 491 g/mol. The zero-order chi connectivity index (χ0) is 25.9. The largest absolute Gasteiger partial charge is 0.406 e. The maximum absolute atomic E-state index is 13.1. The number of urea groups is 1. The minimum absolute atomic E-state index is 0.0243. The molecule has 4 rings (SSSR count). The van der Waals surface area contributed by atoms with Crippen LogP contribution in [-0.2, 0) is 4.79 Å². The molecule has 0 bridgehead atoms. The van der Waals surface area contributed by atoms with Gasteiger partial charge >= 0.3 is 17.9 Å². The molecule has 1 saturated heterocycles. The molecule has 13 heteroatoms. The molecule has 2 spiro atoms. The minimum atomic E-state index is -4.62. The van der Waals surface area contributed by atoms with Crippen LogP contribution in [0.25, 0.3) is 0 Å². The summed E-state index contributed by atoms with van der Waals surface area (Å²) in [6, 6.07) is -0.175. The van der Waals surface area contributed by atoms with Gasteiger partial charge in [-0.05, 0) is 50.4 Å². The lowest BCUT2D eigenvalue weighted by Crippen LogP contribution is -2.65. The van der Waals surface area contributed by atoms with Crippen LogP contribution in [0.1, 0.15) is 70.5 Å². The fraction of sp³-hybridized carbons (Fsp3) is 0.727. The molecule has 35 heavy (non-hydrogen) atoms. The molecule has 0 radical (unpaired) electrons. The summed E-state index contributed by atoms with van der Waals surface area (Å²) in [7, 11) is 1.20. The van der Waals surface area contributed by atoms with Crippen molar-refractivity contribution in [1.82, 2.24) is 18.9 Å². The highest BCUT2D eigenvalue weighted by molar-refractivity contribution is 6.29. The molecular formula is C22H29ClF3N5O4. The number of carbonyl (C=O) groups is 2. The maximum atomic E-state index is 13.1. The number of aromatic nitrogens is 2. The second-order valence-corrected chi connectivity index (χ2v) is 10.5. The van der Waals surface area contributed by atoms with Crippen molar-refractivity contribution in [2.24, 2.45) is 11.1 Å². The highest BCUT2D eigenvalue weighted by atomic mass is 35.5. The number of halogens is 4. The Labute approximate surface area is 204 Å². The van der Waals surface area contributed by atoms with E-state index in [9.17, 15) is 32.3 Å². The summed E-state index contributed by atoms with van der Waals surface area (Å²) in [5.41, 5.74) is 3.09. The van der Waals surface area contributed by atoms with Crippen molar-refractivity contribution in [2.75, 3.05) is 13.6 Å². The van der Waals surface area contributed by atoms with Crippen LogP contribution in [0, 0.1) is 5.41 Å². The van der Waals surface area contributed by atoms with Crippen LogP contribution in [0.4, 0.5) is 18.0 Å². The Morgan fingerprint density at radius 3 is 2.31 bits per heavy atom. The summed E-state index contributed by atoms with van der Waals surface area (Å²) in [5, 5.41) is -0.0243. The lowest BCUT2D eigenvalue weighted by Gasteiger charge is -2.58. The summed E-state index contributed by atoms with van der Waals surface area (Å²) in [6.07, 6.45) is -1.89. The Bertz CT molecular complexity index is 1150. The first-order valence-corrected chi connectivity index (χ1v) is 12.1. The van der Waals surface area contributed by atoms with Crippen molar-refractivity contribution in [2.45, 2.75) is 82.2 Å². The summed E-state index contributed by atoms with van der Waals surface area (Å²) in [4.78, 5) is 52.4. The molecule has 3 fully saturated rings. The van der Waals surface area contributed by atoms with E-state index in [1.807, 2.05) is 6.92 Å². The average Bonchev–Trinajstić information content (AvgIpc) is 2.90. The first-order valence-electron chi connectivity index (χ1n) is 11.7. The lowest BCUT2D eigenvalue weighted by atomic mass is 9.51. The number of nitrogens with two attached hydrogens (primary N) is 1. The highest BCUT2D eigenvalue weighted by Gasteiger charge is 2.68. The fourth-order valence-corrected chi connectivity index (χ4v) is 6.53. The summed E-state index contributed by atoms with van der Waals surface area (Å²) in [5.74, 6) is -0.610. The molecule has 1 aliphatic heterocycles. The molecule has 3 aliphatic rings. The molecule has 3 amide bonds. The predicted octanol–water partition coefficient (Wildman–Crippen LogP) is 3.01. The number of imide groups is 1. The van der Waals surface area contributed by atoms with E-state index in [1.165, 1.54) is 17.7 Å². The van der Waals surface area contributed by atoms with Crippen molar-refractivity contribution < 1.29 is 22.8 Å². The third-order valence-corrected chi connectivity index (χ3v) is 8.12. The Balaban J connectivity index is 1.53. The number of likely N-dealkylation sites (N-methyl/N-ethyl adjacent to an activating group) is 1. The standard InChI is InChI=1S/C22H29ClF3N5O4/c1-3-4-15(27)31-14(23)9-16(32)30(19(31)35)13-5-7-20(8-6-13)10-21(11-20)17(33)28(2)18(34)29(21)12-22(24,25)26/h9,13,15H,3-8,10-12,27H2,1-2H3. The zero-order valence-electron chi connectivity index (χ0n) is 19.6. The molecule has 2 N–H and O–H groups in total. The Hall–Kier alpha value is -2.34. The maximum Gasteiger partial charge on any atom is 0.406 e. The number of alkyl halides is 3. The van der Waals surface area contributed by atoms with Crippen LogP contribution in [0.3, 0.4) is 0 Å². The smallest absolute Gasteiger partial charge is 0.311 e. The van der Waals surface area contributed by atoms with Gasteiger partial charge in [0.15, 0.2) is 0 Å². The normalized spacial score (nSPS) is 29.9. The van der Waals surface area contributed by atoms with Gasteiger partial charge in [-0.15, -0.1) is 0 Å². The Morgan fingerprint density at radius 1 is 1.17 bits per heavy atom. The molecule has 2 aliphatic carbocycles. The molecule has 9 nitrogen and oxygen atoms in total. The van der Waals surface area contributed by atoms with Gasteiger partial charge in [-0.25, -0.2) is 9.59 Å². The Kier molecular flexibility index (Phi) is 6.36. The first kappa shape index (κ1) is 25.7. The zero-order valence-corrected chi connectivity index (χ0v) is 20.4. The van der Waals surface area contributed by atoms with E-state index in [-0.39, 0.29) is 18.0 Å². The number of nitrogens with zero attached hydrogens (tertiary/aromatic N) is 4. The third-order valence-electron chi connectivity index (χ3n) is 7.83. The van der Waals surface area contributed by atoms with Crippen LogP contribution in [0.2, 0.25) is 5.15 Å². The predicted molar refractivity (Wildman–Crippen MR) is 121 cm³/mol. The van der Waals surface area contributed by atoms with E-state index in [0.29, 0.717) is 37.0 Å². The van der Waals surface area contributed by atoms with Gasteiger partial charge in [-0.3, -0.25) is 23.6 Å². The number of rotatable bonds is 5. The van der Waals surface area contributed by atoms with Crippen LogP contribution in [-0.4, -0.2) is 56.2 Å². The van der Waals surface area contributed by atoms with E-state index in [0.717, 1.165) is 15.9 Å². The second kappa shape index (κ2) is 8.65. The van der Waals surface area contributed by atoms with E-state index in [2.05, 4.69) is 0 Å². The lowest BCUT2D eigenvalue weighted by molar-refractivity contribution is -0.173. The van der Waals surface area contributed by atoms with Gasteiger partial charge in [0.25, 0.3) is 11.5 Å². The van der Waals surface area contributed by atoms with Gasteiger partial charge < -0.3 is 10.6 Å². The summed E-state index contributed by atoms with van der Waals surface area (Å²) < 4.78 is 41.8. The first-order chi connectivity index (χ1) is 16.3. The van der Waals surface area contributed by atoms with Crippen molar-refractivity contribution in [3.63, 3.8) is 0 Å². The van der Waals surface area contributed by atoms with Gasteiger partial charge in [-0.2, -0.15) is 13.2 Å². The van der Waals surface area contributed by atoms with Gasteiger partial charge in [0.1, 0.15) is 17.2 Å². The summed E-state index contributed by atoms with van der Waals surface area (Å²) >= 11 is 6.14. The second-order valence-electron chi connectivity index (χ2n) is 10.1. The molecule has 1 aromatic heterocycles. The molecule has 1 aromatic rings. The molecule has 1 unspecified atom stereocenters. The van der Waals surface area contributed by atoms with E-state index >= 15 is 0 Å². The third kappa shape index (κ3) is 4.18. The van der Waals surface area contributed by atoms with Gasteiger partial charge in [0.05, 0.1) is 6.17 Å². The van der Waals surface area contributed by atoms with E-state index in [4.69, 9.17) is 17.3 Å². The monoisotopic (exact) mass is 519 g/mol. The summed E-state index contributed by atoms with van der Waals surface area (Å²) in [6.45, 7) is 0.440. The average molecular weight is 520 g/mol. The van der Waals surface area contributed by atoms with E-state index < -0.39 is 59.1 Å². The molecule has 0 aromatic carbocycles. The van der Waals surface area contributed by atoms with Crippen LogP contribution in [0.5, 0.6) is 0 Å². The molecule has 194 valence electrons. The number of carbonyl (C=O) groups excluding carboxylic acids is 2. The SMILES string of the molecule is CCCC(N)n1c(Cl)cc(=O)n(C2CCC3(CC2)CC2(C3)C(=O)N(C)C(=O)N2CC(F)(F)F)c1=O. The van der Waals surface area contributed by atoms with Gasteiger partial charge in [0.2, 0.25) is 0 Å². The van der Waals surface area contributed by atoms with Crippen molar-refractivity contribution in [3.8, 4) is 0 Å². The number of hydrogen-bond acceptors (Lipinski definition) is 5. The topological polar surface area (TPSA) is 111 Å². The van der Waals surface area contributed by atoms with E-state index in [1.54, 1.807) is 0 Å². The fourth-order valence-electron chi connectivity index (χ4n) is 6.24. The molecule has 2 saturated carbocycles. The van der Waals surface area contributed by atoms with Crippen molar-refractivity contribution in [1.29, 1.82) is 0 Å². The van der Waals surface area contributed by atoms with Gasteiger partial charge in [0, 0.05) is 19.2 Å². The molecule has 1 atom stereocenters. The van der Waals surface area contributed by atoms with Crippen LogP contribution in [0.15, 0.2) is 15.7 Å². The highest BCUT2D eigenvalue weighted by Crippen LogP contribution is 2.62.